The Balaban J connectivity index is 3.72. The van der Waals surface area contributed by atoms with Crippen molar-refractivity contribution < 1.29 is 4.43 Å². The van der Waals surface area contributed by atoms with Gasteiger partial charge in [0.25, 0.3) is 0 Å². The lowest BCUT2D eigenvalue weighted by molar-refractivity contribution is 0.0831. The molecule has 2 N–H and O–H groups in total. The van der Waals surface area contributed by atoms with E-state index in [2.05, 4.69) is 27.7 Å². The Kier molecular flexibility index (Phi) is 5.79. The zero-order valence-corrected chi connectivity index (χ0v) is 10.3. The van der Waals surface area contributed by atoms with Crippen LogP contribution in [0, 0.1) is 0 Å². The third kappa shape index (κ3) is 4.23. The lowest BCUT2D eigenvalue weighted by Crippen LogP contribution is -2.37. The molecule has 1 atom stereocenters. The Morgan fingerprint density at radius 1 is 1.33 bits per heavy atom. The number of hydrogen-bond donors (Lipinski definition) is 1. The van der Waals surface area contributed by atoms with Crippen molar-refractivity contribution in [3.8, 4) is 0 Å². The normalized spacial score (nSPS) is 15.8. The van der Waals surface area contributed by atoms with Crippen LogP contribution in [-0.2, 0) is 4.43 Å². The van der Waals surface area contributed by atoms with Gasteiger partial charge in [-0.1, -0.05) is 20.8 Å². The molecular formula is C9H23NOSi. The highest BCUT2D eigenvalue weighted by atomic mass is 28.2. The van der Waals surface area contributed by atoms with Gasteiger partial charge in [-0.05, 0) is 26.2 Å². The molecule has 0 aromatic rings. The molecule has 0 bridgehead atoms. The molecule has 0 fully saturated rings. The van der Waals surface area contributed by atoms with Crippen molar-refractivity contribution in [2.75, 3.05) is 0 Å². The minimum absolute atomic E-state index is 0.0962. The van der Waals surface area contributed by atoms with Crippen LogP contribution in [0.3, 0.4) is 0 Å². The van der Waals surface area contributed by atoms with E-state index >= 15 is 0 Å². The highest BCUT2D eigenvalue weighted by Gasteiger charge is 2.20. The van der Waals surface area contributed by atoms with E-state index in [9.17, 15) is 0 Å². The summed E-state index contributed by atoms with van der Waals surface area (Å²) in [5.74, 6) is 0. The monoisotopic (exact) mass is 189 g/mol. The first-order chi connectivity index (χ1) is 5.58. The van der Waals surface area contributed by atoms with Crippen molar-refractivity contribution in [1.82, 2.24) is 0 Å². The molecule has 0 aromatic heterocycles. The first-order valence-corrected chi connectivity index (χ1v) is 6.36. The van der Waals surface area contributed by atoms with Gasteiger partial charge in [0.2, 0.25) is 0 Å². The molecule has 0 amide bonds. The van der Waals surface area contributed by atoms with Gasteiger partial charge in [-0.15, -0.1) is 0 Å². The van der Waals surface area contributed by atoms with E-state index < -0.39 is 9.76 Å². The molecule has 0 saturated carbocycles. The molecule has 0 aromatic carbocycles. The Morgan fingerprint density at radius 2 is 1.83 bits per heavy atom. The van der Waals surface area contributed by atoms with Crippen molar-refractivity contribution in [2.24, 2.45) is 5.73 Å². The summed E-state index contributed by atoms with van der Waals surface area (Å²) in [5.41, 5.74) is 6.26. The van der Waals surface area contributed by atoms with Crippen molar-refractivity contribution in [1.29, 1.82) is 0 Å². The molecule has 0 aliphatic rings. The predicted octanol–water partition coefficient (Wildman–Crippen LogP) is 1.36. The van der Waals surface area contributed by atoms with E-state index in [-0.39, 0.29) is 5.60 Å². The van der Waals surface area contributed by atoms with E-state index in [1.807, 2.05) is 0 Å². The largest absolute Gasteiger partial charge is 0.417 e. The van der Waals surface area contributed by atoms with Crippen molar-refractivity contribution in [3.63, 3.8) is 0 Å². The highest BCUT2D eigenvalue weighted by molar-refractivity contribution is 6.29. The van der Waals surface area contributed by atoms with E-state index in [0.717, 1.165) is 19.3 Å². The molecule has 0 heterocycles. The van der Waals surface area contributed by atoms with Crippen LogP contribution in [0.15, 0.2) is 0 Å². The third-order valence-electron chi connectivity index (χ3n) is 2.67. The first-order valence-electron chi connectivity index (χ1n) is 4.97. The fraction of sp³-hybridized carbons (Fsp3) is 1.00. The second kappa shape index (κ2) is 5.73. The molecule has 0 rings (SSSR count). The molecular weight excluding hydrogens is 166 g/mol. The highest BCUT2D eigenvalue weighted by Crippen LogP contribution is 2.18. The van der Waals surface area contributed by atoms with E-state index in [1.54, 1.807) is 0 Å². The van der Waals surface area contributed by atoms with Crippen LogP contribution in [-0.4, -0.2) is 21.0 Å². The molecule has 74 valence electrons. The Labute approximate surface area is 78.8 Å². The van der Waals surface area contributed by atoms with Crippen molar-refractivity contribution in [2.45, 2.75) is 58.2 Å². The standard InChI is InChI=1S/C9H23NOSi/c1-5-8(10)12-11-9(4,6-2)7-3/h8H,5-7,10,12H2,1-4H3. The Hall–Kier alpha value is 0.137. The number of hydrogen-bond acceptors (Lipinski definition) is 2. The quantitative estimate of drug-likeness (QED) is 0.640. The second-order valence-electron chi connectivity index (χ2n) is 3.64. The van der Waals surface area contributed by atoms with Gasteiger partial charge in [0.15, 0.2) is 9.76 Å². The minimum atomic E-state index is -0.513. The average molecular weight is 189 g/mol. The molecule has 1 unspecified atom stereocenters. The van der Waals surface area contributed by atoms with E-state index in [4.69, 9.17) is 10.2 Å². The molecule has 3 heteroatoms. The van der Waals surface area contributed by atoms with Crippen LogP contribution < -0.4 is 5.73 Å². The maximum Gasteiger partial charge on any atom is 0.178 e. The van der Waals surface area contributed by atoms with Crippen molar-refractivity contribution in [3.05, 3.63) is 0 Å². The first kappa shape index (κ1) is 12.1. The van der Waals surface area contributed by atoms with Crippen LogP contribution in [0.2, 0.25) is 0 Å². The van der Waals surface area contributed by atoms with Crippen LogP contribution in [0.4, 0.5) is 0 Å². The summed E-state index contributed by atoms with van der Waals surface area (Å²) in [5, 5.41) is 0. The van der Waals surface area contributed by atoms with Crippen LogP contribution in [0.25, 0.3) is 0 Å². The molecule has 0 aliphatic heterocycles. The summed E-state index contributed by atoms with van der Waals surface area (Å²) in [6.07, 6.45) is 3.23. The molecule has 0 aliphatic carbocycles. The SMILES string of the molecule is CCC(N)[SiH2]OC(C)(CC)CC. The van der Waals surface area contributed by atoms with Gasteiger partial charge in [0, 0.05) is 5.67 Å². The molecule has 0 saturated heterocycles. The summed E-state index contributed by atoms with van der Waals surface area (Å²) < 4.78 is 5.89. The van der Waals surface area contributed by atoms with Gasteiger partial charge in [-0.3, -0.25) is 0 Å². The van der Waals surface area contributed by atoms with Crippen LogP contribution >= 0.6 is 0 Å². The predicted molar refractivity (Wildman–Crippen MR) is 56.9 cm³/mol. The van der Waals surface area contributed by atoms with Crippen LogP contribution in [0.1, 0.15) is 47.0 Å². The third-order valence-corrected chi connectivity index (χ3v) is 4.54. The summed E-state index contributed by atoms with van der Waals surface area (Å²) in [4.78, 5) is 0. The fourth-order valence-electron chi connectivity index (χ4n) is 0.880. The molecule has 12 heavy (non-hydrogen) atoms. The van der Waals surface area contributed by atoms with Gasteiger partial charge in [-0.2, -0.15) is 0 Å². The second-order valence-corrected chi connectivity index (χ2v) is 5.31. The summed E-state index contributed by atoms with van der Waals surface area (Å²) in [7, 11) is -0.513. The smallest absolute Gasteiger partial charge is 0.178 e. The van der Waals surface area contributed by atoms with Crippen molar-refractivity contribution >= 4 is 9.76 Å². The molecule has 0 radical (unpaired) electrons. The van der Waals surface area contributed by atoms with Gasteiger partial charge >= 0.3 is 0 Å². The number of nitrogens with two attached hydrogens (primary N) is 1. The number of rotatable bonds is 6. The van der Waals surface area contributed by atoms with Gasteiger partial charge in [0.05, 0.1) is 5.60 Å². The van der Waals surface area contributed by atoms with Gasteiger partial charge in [0.1, 0.15) is 0 Å². The van der Waals surface area contributed by atoms with Gasteiger partial charge in [-0.25, -0.2) is 0 Å². The Morgan fingerprint density at radius 3 is 2.17 bits per heavy atom. The summed E-state index contributed by atoms with van der Waals surface area (Å²) >= 11 is 0. The fourth-order valence-corrected chi connectivity index (χ4v) is 2.14. The lowest BCUT2D eigenvalue weighted by atomic mass is 10.0. The zero-order chi connectivity index (χ0) is 9.61. The Bertz CT molecular complexity index is 115. The maximum absolute atomic E-state index is 5.89. The van der Waals surface area contributed by atoms with E-state index in [0.29, 0.717) is 5.67 Å². The summed E-state index contributed by atoms with van der Waals surface area (Å²) in [6, 6.07) is 0. The van der Waals surface area contributed by atoms with E-state index in [1.165, 1.54) is 0 Å². The minimum Gasteiger partial charge on any atom is -0.417 e. The molecule has 2 nitrogen and oxygen atoms in total. The van der Waals surface area contributed by atoms with Gasteiger partial charge < -0.3 is 10.2 Å². The maximum atomic E-state index is 5.89. The average Bonchev–Trinajstić information content (AvgIpc) is 2.13. The zero-order valence-electron chi connectivity index (χ0n) is 8.89. The topological polar surface area (TPSA) is 35.2 Å². The lowest BCUT2D eigenvalue weighted by Gasteiger charge is -2.29. The summed E-state index contributed by atoms with van der Waals surface area (Å²) in [6.45, 7) is 8.66. The molecule has 0 spiro atoms. The van der Waals surface area contributed by atoms with Crippen LogP contribution in [0.5, 0.6) is 0 Å².